The van der Waals surface area contributed by atoms with E-state index in [1.54, 1.807) is 16.8 Å². The molecule has 2 nitrogen and oxygen atoms in total. The van der Waals surface area contributed by atoms with Gasteiger partial charge >= 0.3 is 0 Å². The maximum Gasteiger partial charge on any atom is 0.263 e. The topological polar surface area (TPSA) is 7.12 Å². The molecule has 1 aromatic carbocycles. The lowest BCUT2D eigenvalue weighted by molar-refractivity contribution is -0.665. The number of allylic oxidation sites excluding steroid dienone is 2. The summed E-state index contributed by atoms with van der Waals surface area (Å²) in [6.45, 7) is 4.62. The molecule has 0 spiro atoms. The van der Waals surface area contributed by atoms with Crippen molar-refractivity contribution in [2.45, 2.75) is 64.5 Å². The molecule has 3 heteroatoms. The van der Waals surface area contributed by atoms with Gasteiger partial charge in [-0.2, -0.15) is 4.57 Å². The standard InChI is InChI=1S/C22H27N2S/c1-2-23-20-10-3-4-12-21(20)25-22(23)15-16-14-17-8-5-6-13-24(17)19-11-7-9-18(16)19/h3-4,10,12,15,17H,2,5-9,11,13-14H2,1H3/q+1. The lowest BCUT2D eigenvalue weighted by Crippen LogP contribution is -2.41. The van der Waals surface area contributed by atoms with E-state index in [2.05, 4.69) is 46.7 Å². The second kappa shape index (κ2) is 6.28. The van der Waals surface area contributed by atoms with Crippen molar-refractivity contribution in [1.82, 2.24) is 4.90 Å². The van der Waals surface area contributed by atoms with Gasteiger partial charge in [-0.3, -0.25) is 0 Å². The lowest BCUT2D eigenvalue weighted by atomic mass is 9.86. The van der Waals surface area contributed by atoms with Crippen LogP contribution in [0.3, 0.4) is 0 Å². The number of hydrogen-bond donors (Lipinski definition) is 0. The van der Waals surface area contributed by atoms with Gasteiger partial charge < -0.3 is 4.90 Å². The van der Waals surface area contributed by atoms with Crippen LogP contribution in [0.15, 0.2) is 41.1 Å². The molecule has 3 aliphatic rings. The zero-order chi connectivity index (χ0) is 16.8. The third-order valence-corrected chi connectivity index (χ3v) is 7.37. The SMILES string of the molecule is CC[n+]1c(C=C2CC3CCCCN3C3=C2CCC3)sc2ccccc21. The van der Waals surface area contributed by atoms with Gasteiger partial charge in [0.1, 0.15) is 11.2 Å². The number of para-hydroxylation sites is 1. The van der Waals surface area contributed by atoms with E-state index >= 15 is 0 Å². The Bertz CT molecular complexity index is 873. The first kappa shape index (κ1) is 15.6. The van der Waals surface area contributed by atoms with Gasteiger partial charge in [0.15, 0.2) is 0 Å². The van der Waals surface area contributed by atoms with Gasteiger partial charge in [0.25, 0.3) is 5.01 Å². The van der Waals surface area contributed by atoms with Crippen LogP contribution in [0.2, 0.25) is 0 Å². The van der Waals surface area contributed by atoms with Gasteiger partial charge in [-0.05, 0) is 69.1 Å². The molecule has 1 aromatic heterocycles. The molecular weight excluding hydrogens is 324 g/mol. The summed E-state index contributed by atoms with van der Waals surface area (Å²) in [7, 11) is 0. The van der Waals surface area contributed by atoms with Crippen LogP contribution in [-0.2, 0) is 6.54 Å². The van der Waals surface area contributed by atoms with E-state index < -0.39 is 0 Å². The molecule has 2 aromatic rings. The van der Waals surface area contributed by atoms with Crippen LogP contribution in [0.1, 0.15) is 56.9 Å². The molecule has 1 atom stereocenters. The Hall–Kier alpha value is -1.61. The average molecular weight is 352 g/mol. The van der Waals surface area contributed by atoms with E-state index in [0.29, 0.717) is 0 Å². The Morgan fingerprint density at radius 1 is 1.20 bits per heavy atom. The number of hydrogen-bond acceptors (Lipinski definition) is 2. The van der Waals surface area contributed by atoms with E-state index in [9.17, 15) is 0 Å². The molecule has 1 aliphatic carbocycles. The van der Waals surface area contributed by atoms with E-state index in [-0.39, 0.29) is 0 Å². The number of fused-ring (bicyclic) bond motifs is 3. The summed E-state index contributed by atoms with van der Waals surface area (Å²) in [6, 6.07) is 9.62. The fraction of sp³-hybridized carbons (Fsp3) is 0.500. The Morgan fingerprint density at radius 3 is 3.04 bits per heavy atom. The van der Waals surface area contributed by atoms with E-state index in [0.717, 1.165) is 12.6 Å². The number of benzene rings is 1. The minimum Gasteiger partial charge on any atom is -0.371 e. The van der Waals surface area contributed by atoms with Gasteiger partial charge in [0.2, 0.25) is 5.52 Å². The zero-order valence-corrected chi connectivity index (χ0v) is 15.9. The molecular formula is C22H27N2S+. The fourth-order valence-corrected chi connectivity index (χ4v) is 6.31. The average Bonchev–Trinajstić information content (AvgIpc) is 3.26. The number of aryl methyl sites for hydroxylation is 1. The molecule has 0 radical (unpaired) electrons. The highest BCUT2D eigenvalue weighted by molar-refractivity contribution is 7.18. The minimum absolute atomic E-state index is 0.765. The smallest absolute Gasteiger partial charge is 0.263 e. The Labute approximate surface area is 154 Å². The quantitative estimate of drug-likeness (QED) is 0.667. The Balaban J connectivity index is 1.61. The maximum absolute atomic E-state index is 2.78. The second-order valence-electron chi connectivity index (χ2n) is 7.65. The van der Waals surface area contributed by atoms with Crippen LogP contribution >= 0.6 is 11.3 Å². The summed E-state index contributed by atoms with van der Waals surface area (Å²) < 4.78 is 3.90. The zero-order valence-electron chi connectivity index (χ0n) is 15.1. The van der Waals surface area contributed by atoms with Crippen molar-refractivity contribution in [2.75, 3.05) is 6.54 Å². The summed E-state index contributed by atoms with van der Waals surface area (Å²) in [5.74, 6) is 0. The van der Waals surface area contributed by atoms with Crippen molar-refractivity contribution in [3.05, 3.63) is 46.1 Å². The lowest BCUT2D eigenvalue weighted by Gasteiger charge is -2.43. The first-order valence-electron chi connectivity index (χ1n) is 9.96. The predicted octanol–water partition coefficient (Wildman–Crippen LogP) is 5.29. The van der Waals surface area contributed by atoms with Crippen molar-refractivity contribution in [1.29, 1.82) is 0 Å². The summed E-state index contributed by atoms with van der Waals surface area (Å²) >= 11 is 1.96. The summed E-state index contributed by atoms with van der Waals surface area (Å²) in [5.41, 5.74) is 6.42. The van der Waals surface area contributed by atoms with E-state index in [1.807, 2.05) is 11.3 Å². The molecule has 3 heterocycles. The number of nitrogens with zero attached hydrogens (tertiary/aromatic N) is 2. The number of thiazole rings is 1. The first-order chi connectivity index (χ1) is 12.3. The third kappa shape index (κ3) is 2.55. The van der Waals surface area contributed by atoms with Crippen LogP contribution in [0.5, 0.6) is 0 Å². The Kier molecular flexibility index (Phi) is 3.93. The largest absolute Gasteiger partial charge is 0.371 e. The first-order valence-corrected chi connectivity index (χ1v) is 10.8. The predicted molar refractivity (Wildman–Crippen MR) is 106 cm³/mol. The van der Waals surface area contributed by atoms with Crippen molar-refractivity contribution in [3.8, 4) is 0 Å². The summed E-state index contributed by atoms with van der Waals surface area (Å²) in [4.78, 5) is 2.78. The van der Waals surface area contributed by atoms with Crippen molar-refractivity contribution >= 4 is 27.6 Å². The van der Waals surface area contributed by atoms with Gasteiger partial charge in [0.05, 0.1) is 0 Å². The number of piperidine rings is 1. The third-order valence-electron chi connectivity index (χ3n) is 6.26. The van der Waals surface area contributed by atoms with Crippen LogP contribution in [0.25, 0.3) is 16.3 Å². The van der Waals surface area contributed by atoms with Gasteiger partial charge in [0, 0.05) is 30.4 Å². The highest BCUT2D eigenvalue weighted by Crippen LogP contribution is 2.44. The van der Waals surface area contributed by atoms with Crippen molar-refractivity contribution < 1.29 is 4.57 Å². The molecule has 0 amide bonds. The molecule has 1 saturated heterocycles. The molecule has 130 valence electrons. The van der Waals surface area contributed by atoms with Crippen LogP contribution in [0, 0.1) is 0 Å². The highest BCUT2D eigenvalue weighted by atomic mass is 32.1. The number of rotatable bonds is 2. The van der Waals surface area contributed by atoms with Gasteiger partial charge in [-0.25, -0.2) is 0 Å². The molecule has 5 rings (SSSR count). The fourth-order valence-electron chi connectivity index (χ4n) is 5.12. The highest BCUT2D eigenvalue weighted by Gasteiger charge is 2.35. The molecule has 0 saturated carbocycles. The normalized spacial score (nSPS) is 24.9. The van der Waals surface area contributed by atoms with Gasteiger partial charge in [-0.15, -0.1) is 0 Å². The van der Waals surface area contributed by atoms with Gasteiger partial charge in [-0.1, -0.05) is 23.5 Å². The van der Waals surface area contributed by atoms with Crippen LogP contribution in [-0.4, -0.2) is 17.5 Å². The molecule has 2 aliphatic heterocycles. The summed E-state index contributed by atoms with van der Waals surface area (Å²) in [5, 5.41) is 1.43. The van der Waals surface area contributed by atoms with E-state index in [1.165, 1.54) is 66.7 Å². The van der Waals surface area contributed by atoms with Crippen molar-refractivity contribution in [3.63, 3.8) is 0 Å². The molecule has 1 unspecified atom stereocenters. The number of aromatic nitrogens is 1. The Morgan fingerprint density at radius 2 is 2.12 bits per heavy atom. The maximum atomic E-state index is 2.78. The van der Waals surface area contributed by atoms with Crippen LogP contribution in [0.4, 0.5) is 0 Å². The molecule has 0 N–H and O–H groups in total. The monoisotopic (exact) mass is 351 g/mol. The molecule has 25 heavy (non-hydrogen) atoms. The summed E-state index contributed by atoms with van der Waals surface area (Å²) in [6.07, 6.45) is 11.9. The van der Waals surface area contributed by atoms with E-state index in [4.69, 9.17) is 0 Å². The molecule has 1 fully saturated rings. The second-order valence-corrected chi connectivity index (χ2v) is 8.71. The minimum atomic E-state index is 0.765. The molecule has 0 bridgehead atoms. The van der Waals surface area contributed by atoms with Crippen LogP contribution < -0.4 is 4.57 Å². The van der Waals surface area contributed by atoms with Crippen molar-refractivity contribution in [2.24, 2.45) is 0 Å².